The van der Waals surface area contributed by atoms with Crippen molar-refractivity contribution in [2.45, 2.75) is 12.0 Å². The standard InChI is InChI=1S/C7H7Cl2NO2/c8-4-1-2-7(10,6(11)12)3-5(4)9/h1-2H,3,10H2,(H,11,12). The molecule has 0 radical (unpaired) electrons. The predicted molar refractivity (Wildman–Crippen MR) is 47.0 cm³/mol. The topological polar surface area (TPSA) is 63.3 Å². The van der Waals surface area contributed by atoms with E-state index in [4.69, 9.17) is 34.0 Å². The number of nitrogens with two attached hydrogens (primary N) is 1. The van der Waals surface area contributed by atoms with Crippen LogP contribution < -0.4 is 5.73 Å². The molecule has 0 saturated carbocycles. The third-order valence-corrected chi connectivity index (χ3v) is 2.42. The summed E-state index contributed by atoms with van der Waals surface area (Å²) in [6, 6.07) is 0. The van der Waals surface area contributed by atoms with E-state index in [0.29, 0.717) is 5.03 Å². The van der Waals surface area contributed by atoms with Gasteiger partial charge in [-0.25, -0.2) is 4.79 Å². The Labute approximate surface area is 79.4 Å². The number of carbonyl (C=O) groups is 1. The van der Waals surface area contributed by atoms with Gasteiger partial charge in [0.15, 0.2) is 0 Å². The Kier molecular flexibility index (Phi) is 2.46. The molecule has 66 valence electrons. The summed E-state index contributed by atoms with van der Waals surface area (Å²) in [5, 5.41) is 9.33. The Morgan fingerprint density at radius 3 is 2.67 bits per heavy atom. The number of halogens is 2. The Morgan fingerprint density at radius 2 is 2.25 bits per heavy atom. The lowest BCUT2D eigenvalue weighted by Crippen LogP contribution is -2.47. The molecule has 3 N–H and O–H groups in total. The predicted octanol–water partition coefficient (Wildman–Crippen LogP) is 1.42. The molecule has 0 heterocycles. The molecule has 1 aliphatic rings. The molecule has 0 aliphatic heterocycles. The minimum atomic E-state index is -1.41. The van der Waals surface area contributed by atoms with Gasteiger partial charge in [-0.1, -0.05) is 29.3 Å². The van der Waals surface area contributed by atoms with Gasteiger partial charge in [-0.2, -0.15) is 0 Å². The van der Waals surface area contributed by atoms with Crippen LogP contribution in [0.4, 0.5) is 0 Å². The Balaban J connectivity index is 2.94. The van der Waals surface area contributed by atoms with Crippen LogP contribution in [-0.4, -0.2) is 16.6 Å². The van der Waals surface area contributed by atoms with E-state index in [1.807, 2.05) is 0 Å². The molecule has 0 aromatic heterocycles. The van der Waals surface area contributed by atoms with Crippen molar-refractivity contribution in [3.8, 4) is 0 Å². The third-order valence-electron chi connectivity index (χ3n) is 1.63. The molecule has 1 aliphatic carbocycles. The van der Waals surface area contributed by atoms with Crippen LogP contribution in [0.25, 0.3) is 0 Å². The summed E-state index contributed by atoms with van der Waals surface area (Å²) in [5.41, 5.74) is 4.08. The maximum absolute atomic E-state index is 10.6. The van der Waals surface area contributed by atoms with Crippen LogP contribution in [0.1, 0.15) is 6.42 Å². The first-order valence-corrected chi connectivity index (χ1v) is 3.97. The molecule has 1 atom stereocenters. The highest BCUT2D eigenvalue weighted by Crippen LogP contribution is 2.29. The van der Waals surface area contributed by atoms with E-state index in [1.165, 1.54) is 12.2 Å². The fourth-order valence-corrected chi connectivity index (χ4v) is 1.27. The summed E-state index contributed by atoms with van der Waals surface area (Å²) >= 11 is 11.3. The summed E-state index contributed by atoms with van der Waals surface area (Å²) in [7, 11) is 0. The van der Waals surface area contributed by atoms with Gasteiger partial charge in [-0.05, 0) is 6.08 Å². The van der Waals surface area contributed by atoms with Crippen LogP contribution in [0.5, 0.6) is 0 Å². The van der Waals surface area contributed by atoms with Gasteiger partial charge in [-0.15, -0.1) is 0 Å². The molecule has 0 saturated heterocycles. The van der Waals surface area contributed by atoms with E-state index in [0.717, 1.165) is 0 Å². The van der Waals surface area contributed by atoms with Crippen LogP contribution in [0.15, 0.2) is 22.2 Å². The van der Waals surface area contributed by atoms with Crippen molar-refractivity contribution in [3.63, 3.8) is 0 Å². The summed E-state index contributed by atoms with van der Waals surface area (Å²) in [4.78, 5) is 10.6. The van der Waals surface area contributed by atoms with E-state index in [9.17, 15) is 4.79 Å². The van der Waals surface area contributed by atoms with Gasteiger partial charge in [0.05, 0.1) is 5.03 Å². The SMILES string of the molecule is NC1(C(=O)O)C=CC(Cl)=C(Cl)C1. The minimum absolute atomic E-state index is 0.0409. The molecule has 0 fully saturated rings. The summed E-state index contributed by atoms with van der Waals surface area (Å²) < 4.78 is 0. The normalized spacial score (nSPS) is 29.2. The number of carboxylic acids is 1. The number of aliphatic carboxylic acids is 1. The quantitative estimate of drug-likeness (QED) is 0.684. The van der Waals surface area contributed by atoms with Crippen molar-refractivity contribution in [2.75, 3.05) is 0 Å². The highest BCUT2D eigenvalue weighted by atomic mass is 35.5. The lowest BCUT2D eigenvalue weighted by molar-refractivity contribution is -0.141. The van der Waals surface area contributed by atoms with Crippen molar-refractivity contribution in [1.82, 2.24) is 0 Å². The minimum Gasteiger partial charge on any atom is -0.480 e. The van der Waals surface area contributed by atoms with Crippen LogP contribution in [0, 0.1) is 0 Å². The average Bonchev–Trinajstić information content (AvgIpc) is 1.97. The van der Waals surface area contributed by atoms with E-state index >= 15 is 0 Å². The molecule has 5 heteroatoms. The molecule has 0 bridgehead atoms. The fraction of sp³-hybridized carbons (Fsp3) is 0.286. The van der Waals surface area contributed by atoms with Gasteiger partial charge in [0.25, 0.3) is 0 Å². The van der Waals surface area contributed by atoms with Crippen LogP contribution in [0.3, 0.4) is 0 Å². The third kappa shape index (κ3) is 1.63. The molecular formula is C7H7Cl2NO2. The number of carboxylic acid groups (broad SMARTS) is 1. The van der Waals surface area contributed by atoms with Crippen molar-refractivity contribution in [3.05, 3.63) is 22.2 Å². The molecule has 3 nitrogen and oxygen atoms in total. The Bertz CT molecular complexity index is 285. The van der Waals surface area contributed by atoms with Gasteiger partial charge in [0, 0.05) is 11.5 Å². The van der Waals surface area contributed by atoms with E-state index in [2.05, 4.69) is 0 Å². The number of allylic oxidation sites excluding steroid dienone is 2. The molecule has 0 aromatic carbocycles. The van der Waals surface area contributed by atoms with Gasteiger partial charge in [0.2, 0.25) is 0 Å². The van der Waals surface area contributed by atoms with Gasteiger partial charge >= 0.3 is 5.97 Å². The number of hydrogen-bond donors (Lipinski definition) is 2. The van der Waals surface area contributed by atoms with Gasteiger partial charge in [-0.3, -0.25) is 0 Å². The van der Waals surface area contributed by atoms with Gasteiger partial charge in [0.1, 0.15) is 5.54 Å². The van der Waals surface area contributed by atoms with Crippen LogP contribution in [0.2, 0.25) is 0 Å². The molecule has 12 heavy (non-hydrogen) atoms. The second-order valence-electron chi connectivity index (χ2n) is 2.61. The monoisotopic (exact) mass is 207 g/mol. The Hall–Kier alpha value is -0.510. The maximum Gasteiger partial charge on any atom is 0.328 e. The highest BCUT2D eigenvalue weighted by molar-refractivity contribution is 6.40. The first-order valence-electron chi connectivity index (χ1n) is 3.21. The van der Waals surface area contributed by atoms with Gasteiger partial charge < -0.3 is 10.8 Å². The largest absolute Gasteiger partial charge is 0.480 e. The maximum atomic E-state index is 10.6. The molecule has 0 aromatic rings. The lowest BCUT2D eigenvalue weighted by Gasteiger charge is -2.23. The fourth-order valence-electron chi connectivity index (χ4n) is 0.859. The number of hydrogen-bond acceptors (Lipinski definition) is 2. The van der Waals surface area contributed by atoms with E-state index in [-0.39, 0.29) is 11.5 Å². The zero-order chi connectivity index (χ0) is 9.35. The molecule has 0 spiro atoms. The van der Waals surface area contributed by atoms with Crippen molar-refractivity contribution in [2.24, 2.45) is 5.73 Å². The van der Waals surface area contributed by atoms with Crippen LogP contribution in [-0.2, 0) is 4.79 Å². The summed E-state index contributed by atoms with van der Waals surface area (Å²) in [6.45, 7) is 0. The molecular weight excluding hydrogens is 201 g/mol. The average molecular weight is 208 g/mol. The lowest BCUT2D eigenvalue weighted by atomic mass is 9.92. The zero-order valence-electron chi connectivity index (χ0n) is 6.05. The smallest absolute Gasteiger partial charge is 0.328 e. The first-order chi connectivity index (χ1) is 5.46. The van der Waals surface area contributed by atoms with Crippen molar-refractivity contribution < 1.29 is 9.90 Å². The number of rotatable bonds is 1. The second-order valence-corrected chi connectivity index (χ2v) is 3.47. The first kappa shape index (κ1) is 9.58. The van der Waals surface area contributed by atoms with E-state index < -0.39 is 11.5 Å². The second kappa shape index (κ2) is 3.09. The molecule has 1 unspecified atom stereocenters. The molecule has 1 rings (SSSR count). The van der Waals surface area contributed by atoms with Crippen molar-refractivity contribution in [1.29, 1.82) is 0 Å². The summed E-state index contributed by atoms with van der Waals surface area (Å²) in [5.74, 6) is -1.11. The van der Waals surface area contributed by atoms with Crippen LogP contribution >= 0.6 is 23.2 Å². The van der Waals surface area contributed by atoms with E-state index in [1.54, 1.807) is 0 Å². The highest BCUT2D eigenvalue weighted by Gasteiger charge is 2.34. The van der Waals surface area contributed by atoms with Crippen molar-refractivity contribution >= 4 is 29.2 Å². The zero-order valence-corrected chi connectivity index (χ0v) is 7.56. The summed E-state index contributed by atoms with van der Waals surface area (Å²) in [6.07, 6.45) is 2.78. The molecule has 0 amide bonds. The Morgan fingerprint density at radius 1 is 1.67 bits per heavy atom.